The Morgan fingerprint density at radius 1 is 1.45 bits per heavy atom. The molecule has 1 N–H and O–H groups in total. The highest BCUT2D eigenvalue weighted by Crippen LogP contribution is 2.70. The molecule has 2 rings (SSSR count). The lowest BCUT2D eigenvalue weighted by atomic mass is 9.99. The van der Waals surface area contributed by atoms with Gasteiger partial charge in [0.25, 0.3) is 0 Å². The molecule has 1 fully saturated rings. The molecule has 0 radical (unpaired) electrons. The zero-order valence-electron chi connectivity index (χ0n) is 11.1. The number of nitrogens with one attached hydrogen (secondary N) is 1. The van der Waals surface area contributed by atoms with E-state index in [9.17, 15) is 4.79 Å². The third kappa shape index (κ3) is 2.56. The van der Waals surface area contributed by atoms with Crippen LogP contribution < -0.4 is 5.32 Å². The van der Waals surface area contributed by atoms with Gasteiger partial charge in [0.1, 0.15) is 8.67 Å². The molecule has 0 aliphatic heterocycles. The quantitative estimate of drug-likeness (QED) is 0.727. The van der Waals surface area contributed by atoms with Gasteiger partial charge in [0.05, 0.1) is 10.4 Å². The summed E-state index contributed by atoms with van der Waals surface area (Å²) in [6, 6.07) is 1.82. The average molecular weight is 375 g/mol. The number of carbonyl (C=O) groups excluding carboxylic acids is 1. The Labute approximate surface area is 142 Å². The summed E-state index contributed by atoms with van der Waals surface area (Å²) in [6.45, 7) is 4.35. The van der Waals surface area contributed by atoms with E-state index in [1.54, 1.807) is 0 Å². The van der Waals surface area contributed by atoms with Crippen molar-refractivity contribution in [2.75, 3.05) is 6.54 Å². The fourth-order valence-electron chi connectivity index (χ4n) is 2.66. The van der Waals surface area contributed by atoms with Crippen molar-refractivity contribution in [1.82, 2.24) is 5.32 Å². The maximum Gasteiger partial charge on any atom is 0.229 e. The number of thiophene rings is 1. The van der Waals surface area contributed by atoms with Gasteiger partial charge in [0.2, 0.25) is 5.91 Å². The van der Waals surface area contributed by atoms with Crippen LogP contribution in [0.5, 0.6) is 0 Å². The largest absolute Gasteiger partial charge is 0.355 e. The summed E-state index contributed by atoms with van der Waals surface area (Å²) >= 11 is 25.6. The third-order valence-electron chi connectivity index (χ3n) is 4.11. The van der Waals surface area contributed by atoms with Gasteiger partial charge in [-0.05, 0) is 18.9 Å². The lowest BCUT2D eigenvalue weighted by molar-refractivity contribution is -0.126. The Kier molecular flexibility index (Phi) is 4.88. The van der Waals surface area contributed by atoms with Gasteiger partial charge in [-0.2, -0.15) is 0 Å². The molecule has 112 valence electrons. The highest BCUT2D eigenvalue weighted by Gasteiger charge is 2.76. The fourth-order valence-corrected chi connectivity index (χ4v) is 5.12. The molecule has 1 amide bonds. The predicted molar refractivity (Wildman–Crippen MR) is 87.4 cm³/mol. The van der Waals surface area contributed by atoms with Gasteiger partial charge >= 0.3 is 0 Å². The van der Waals surface area contributed by atoms with Gasteiger partial charge in [-0.15, -0.1) is 34.5 Å². The number of amides is 1. The topological polar surface area (TPSA) is 29.1 Å². The van der Waals surface area contributed by atoms with E-state index in [1.807, 2.05) is 19.9 Å². The van der Waals surface area contributed by atoms with Crippen molar-refractivity contribution >= 4 is 63.6 Å². The third-order valence-corrected chi connectivity index (χ3v) is 7.36. The molecule has 0 bridgehead atoms. The molecule has 1 aliphatic rings. The van der Waals surface area contributed by atoms with Gasteiger partial charge in [0.15, 0.2) is 0 Å². The molecule has 0 spiro atoms. The maximum atomic E-state index is 12.3. The van der Waals surface area contributed by atoms with Crippen LogP contribution in [0.15, 0.2) is 6.07 Å². The number of hydrogen-bond acceptors (Lipinski definition) is 2. The molecule has 1 heterocycles. The minimum Gasteiger partial charge on any atom is -0.355 e. The Bertz CT molecular complexity index is 511. The molecule has 2 nitrogen and oxygen atoms in total. The smallest absolute Gasteiger partial charge is 0.229 e. The Hall–Kier alpha value is 0.330. The van der Waals surface area contributed by atoms with Crippen LogP contribution in [0.25, 0.3) is 0 Å². The van der Waals surface area contributed by atoms with Crippen molar-refractivity contribution in [2.45, 2.75) is 31.0 Å². The molecule has 0 saturated heterocycles. The summed E-state index contributed by atoms with van der Waals surface area (Å²) in [5.74, 6) is -0.111. The van der Waals surface area contributed by atoms with Crippen molar-refractivity contribution < 1.29 is 4.79 Å². The zero-order chi connectivity index (χ0) is 15.1. The van der Waals surface area contributed by atoms with Gasteiger partial charge in [-0.1, -0.05) is 37.0 Å². The second-order valence-electron chi connectivity index (χ2n) is 5.01. The van der Waals surface area contributed by atoms with Crippen molar-refractivity contribution in [3.05, 3.63) is 20.3 Å². The summed E-state index contributed by atoms with van der Waals surface area (Å²) < 4.78 is -0.379. The van der Waals surface area contributed by atoms with E-state index in [4.69, 9.17) is 46.4 Å². The Morgan fingerprint density at radius 2 is 2.05 bits per heavy atom. The first-order valence-corrected chi connectivity index (χ1v) is 8.70. The first kappa shape index (κ1) is 16.7. The minimum absolute atomic E-state index is 0.0334. The number of carbonyl (C=O) groups is 1. The van der Waals surface area contributed by atoms with E-state index in [0.717, 1.165) is 4.88 Å². The maximum absolute atomic E-state index is 12.3. The summed E-state index contributed by atoms with van der Waals surface area (Å²) in [5.41, 5.74) is -0.666. The zero-order valence-corrected chi connectivity index (χ0v) is 14.9. The number of hydrogen-bond donors (Lipinski definition) is 1. The number of halogens is 4. The standard InChI is InChI=1S/C13H15Cl4NOS/c1-3-12(7(2)13(12,16)17)11(19)18-5-4-8-6-9(14)10(15)20-8/h6-7H,3-5H2,1-2H3,(H,18,19). The van der Waals surface area contributed by atoms with E-state index < -0.39 is 9.75 Å². The summed E-state index contributed by atoms with van der Waals surface area (Å²) in [7, 11) is 0. The van der Waals surface area contributed by atoms with Crippen LogP contribution in [0.1, 0.15) is 25.1 Å². The van der Waals surface area contributed by atoms with Crippen LogP contribution in [-0.4, -0.2) is 16.8 Å². The molecule has 2 atom stereocenters. The molecule has 1 aromatic rings. The van der Waals surface area contributed by atoms with Gasteiger partial charge in [0, 0.05) is 17.3 Å². The second kappa shape index (κ2) is 5.85. The number of rotatable bonds is 5. The summed E-state index contributed by atoms with van der Waals surface area (Å²) in [5, 5.41) is 3.47. The highest BCUT2D eigenvalue weighted by atomic mass is 35.5. The van der Waals surface area contributed by atoms with Crippen molar-refractivity contribution in [1.29, 1.82) is 0 Å². The van der Waals surface area contributed by atoms with Crippen molar-refractivity contribution in [3.63, 3.8) is 0 Å². The summed E-state index contributed by atoms with van der Waals surface area (Å²) in [6.07, 6.45) is 1.32. The lowest BCUT2D eigenvalue weighted by Crippen LogP contribution is -2.36. The highest BCUT2D eigenvalue weighted by molar-refractivity contribution is 7.16. The first-order valence-electron chi connectivity index (χ1n) is 6.37. The van der Waals surface area contributed by atoms with E-state index in [1.165, 1.54) is 11.3 Å². The molecular formula is C13H15Cl4NOS. The summed E-state index contributed by atoms with van der Waals surface area (Å²) in [4.78, 5) is 13.4. The van der Waals surface area contributed by atoms with Gasteiger partial charge in [-0.3, -0.25) is 4.79 Å². The molecule has 20 heavy (non-hydrogen) atoms. The van der Waals surface area contributed by atoms with Gasteiger partial charge < -0.3 is 5.32 Å². The molecular weight excluding hydrogens is 360 g/mol. The Morgan fingerprint density at radius 3 is 2.45 bits per heavy atom. The van der Waals surface area contributed by atoms with Crippen LogP contribution in [0.3, 0.4) is 0 Å². The lowest BCUT2D eigenvalue weighted by Gasteiger charge is -2.15. The number of alkyl halides is 2. The SMILES string of the molecule is CCC1(C(=O)NCCc2cc(Cl)c(Cl)s2)C(C)C1(Cl)Cl. The van der Waals surface area contributed by atoms with E-state index in [-0.39, 0.29) is 11.8 Å². The fraction of sp³-hybridized carbons (Fsp3) is 0.615. The van der Waals surface area contributed by atoms with Crippen molar-refractivity contribution in [3.8, 4) is 0 Å². The molecule has 1 aliphatic carbocycles. The van der Waals surface area contributed by atoms with Crippen LogP contribution in [0, 0.1) is 11.3 Å². The Balaban J connectivity index is 1.90. The first-order chi connectivity index (χ1) is 9.27. The van der Waals surface area contributed by atoms with Crippen LogP contribution in [-0.2, 0) is 11.2 Å². The normalized spacial score (nSPS) is 27.4. The van der Waals surface area contributed by atoms with Gasteiger partial charge in [-0.25, -0.2) is 0 Å². The molecule has 7 heteroatoms. The average Bonchev–Trinajstić information content (AvgIpc) is 2.62. The van der Waals surface area contributed by atoms with E-state index >= 15 is 0 Å². The minimum atomic E-state index is -0.957. The van der Waals surface area contributed by atoms with Crippen molar-refractivity contribution in [2.24, 2.45) is 11.3 Å². The molecule has 2 unspecified atom stereocenters. The monoisotopic (exact) mass is 373 g/mol. The molecule has 0 aromatic carbocycles. The second-order valence-corrected chi connectivity index (χ2v) is 8.54. The van der Waals surface area contributed by atoms with Crippen LogP contribution in [0.2, 0.25) is 9.36 Å². The van der Waals surface area contributed by atoms with E-state index in [0.29, 0.717) is 28.7 Å². The van der Waals surface area contributed by atoms with Crippen LogP contribution >= 0.6 is 57.7 Å². The van der Waals surface area contributed by atoms with Crippen LogP contribution in [0.4, 0.5) is 0 Å². The van der Waals surface area contributed by atoms with E-state index in [2.05, 4.69) is 5.32 Å². The molecule has 1 saturated carbocycles. The molecule has 1 aromatic heterocycles. The predicted octanol–water partition coefficient (Wildman–Crippen LogP) is 4.93.